The number of hydrogen-bond acceptors (Lipinski definition) is 3. The lowest BCUT2D eigenvalue weighted by Gasteiger charge is -2.27. The van der Waals surface area contributed by atoms with Gasteiger partial charge in [0.15, 0.2) is 0 Å². The highest BCUT2D eigenvalue weighted by atomic mass is 32.1. The molecular weight excluding hydrogens is 639 g/mol. The molecule has 2 aromatic heterocycles. The van der Waals surface area contributed by atoms with Gasteiger partial charge in [-0.05, 0) is 70.3 Å². The van der Waals surface area contributed by atoms with E-state index in [1.165, 1.54) is 42.4 Å². The molecule has 0 aliphatic rings. The molecule has 0 unspecified atom stereocenters. The maximum absolute atomic E-state index is 6.76. The van der Waals surface area contributed by atoms with Gasteiger partial charge in [-0.25, -0.2) is 0 Å². The van der Waals surface area contributed by atoms with Crippen molar-refractivity contribution in [3.63, 3.8) is 0 Å². The SMILES string of the molecule is c1ccc(-c2cccc(N(c3cccc4c3sc3cc(-c5ccccc5)ccc34)c3ccc(-c4ccccc4)c4oc5ccccc5c34)c2)cc1. The average molecular weight is 670 g/mol. The highest BCUT2D eigenvalue weighted by Crippen LogP contribution is 2.50. The summed E-state index contributed by atoms with van der Waals surface area (Å²) >= 11 is 1.86. The molecule has 8 aromatic carbocycles. The molecule has 2 nitrogen and oxygen atoms in total. The molecule has 0 N–H and O–H groups in total. The van der Waals surface area contributed by atoms with Crippen LogP contribution in [0.4, 0.5) is 17.1 Å². The lowest BCUT2D eigenvalue weighted by Crippen LogP contribution is -2.10. The molecule has 0 amide bonds. The van der Waals surface area contributed by atoms with Gasteiger partial charge < -0.3 is 9.32 Å². The number of thiophene rings is 1. The quantitative estimate of drug-likeness (QED) is 0.175. The lowest BCUT2D eigenvalue weighted by molar-refractivity contribution is 0.670. The minimum absolute atomic E-state index is 0.878. The van der Waals surface area contributed by atoms with E-state index in [-0.39, 0.29) is 0 Å². The molecule has 0 bridgehead atoms. The fourth-order valence-corrected chi connectivity index (χ4v) is 8.72. The first-order valence-electron chi connectivity index (χ1n) is 17.3. The second kappa shape index (κ2) is 12.2. The molecule has 3 heteroatoms. The van der Waals surface area contributed by atoms with Crippen molar-refractivity contribution in [3.8, 4) is 33.4 Å². The Morgan fingerprint density at radius 2 is 1.04 bits per heavy atom. The topological polar surface area (TPSA) is 16.4 Å². The number of furan rings is 1. The number of nitrogens with zero attached hydrogens (tertiary/aromatic N) is 1. The van der Waals surface area contributed by atoms with Crippen LogP contribution in [0.1, 0.15) is 0 Å². The zero-order chi connectivity index (χ0) is 33.7. The second-order valence-corrected chi connectivity index (χ2v) is 13.9. The van der Waals surface area contributed by atoms with Crippen LogP contribution in [0.3, 0.4) is 0 Å². The fraction of sp³-hybridized carbons (Fsp3) is 0. The first kappa shape index (κ1) is 29.5. The Labute approximate surface area is 300 Å². The molecule has 10 rings (SSSR count). The standard InChI is InChI=1S/C48H31NOS/c1-4-14-32(15-5-1)35-20-12-21-37(30-35)49(42-29-28-38(34-18-8-3-9-19-34)47-46(42)41-22-10-11-25-44(41)50-47)43-24-13-23-40-39-27-26-36(31-45(39)51-48(40)43)33-16-6-2-7-17-33/h1-31H. The van der Waals surface area contributed by atoms with Crippen molar-refractivity contribution >= 4 is 70.5 Å². The summed E-state index contributed by atoms with van der Waals surface area (Å²) in [5, 5.41) is 4.72. The Kier molecular flexibility index (Phi) is 7.04. The van der Waals surface area contributed by atoms with E-state index in [1.807, 2.05) is 11.3 Å². The van der Waals surface area contributed by atoms with Gasteiger partial charge in [-0.2, -0.15) is 0 Å². The second-order valence-electron chi connectivity index (χ2n) is 12.9. The van der Waals surface area contributed by atoms with E-state index in [4.69, 9.17) is 4.42 Å². The minimum atomic E-state index is 0.878. The van der Waals surface area contributed by atoms with E-state index >= 15 is 0 Å². The number of rotatable bonds is 6. The van der Waals surface area contributed by atoms with Gasteiger partial charge in [0.05, 0.1) is 21.5 Å². The zero-order valence-electron chi connectivity index (χ0n) is 27.7. The Hall–Kier alpha value is -6.42. The minimum Gasteiger partial charge on any atom is -0.455 e. The summed E-state index contributed by atoms with van der Waals surface area (Å²) in [5.74, 6) is 0. The molecule has 10 aromatic rings. The van der Waals surface area contributed by atoms with Crippen LogP contribution in [0.2, 0.25) is 0 Å². The molecule has 51 heavy (non-hydrogen) atoms. The summed E-state index contributed by atoms with van der Waals surface area (Å²) in [6, 6.07) is 67.3. The number of benzene rings is 8. The third kappa shape index (κ3) is 5.01. The molecule has 0 radical (unpaired) electrons. The van der Waals surface area contributed by atoms with Gasteiger partial charge in [0.1, 0.15) is 11.2 Å². The van der Waals surface area contributed by atoms with Crippen LogP contribution in [0, 0.1) is 0 Å². The van der Waals surface area contributed by atoms with Crippen molar-refractivity contribution < 1.29 is 4.42 Å². The Morgan fingerprint density at radius 1 is 0.412 bits per heavy atom. The smallest absolute Gasteiger partial charge is 0.145 e. The number of para-hydroxylation sites is 1. The number of hydrogen-bond donors (Lipinski definition) is 0. The third-order valence-corrected chi connectivity index (χ3v) is 11.1. The molecule has 240 valence electrons. The van der Waals surface area contributed by atoms with Crippen molar-refractivity contribution in [1.29, 1.82) is 0 Å². The van der Waals surface area contributed by atoms with E-state index in [0.717, 1.165) is 50.1 Å². The zero-order valence-corrected chi connectivity index (χ0v) is 28.5. The summed E-state index contributed by atoms with van der Waals surface area (Å²) in [7, 11) is 0. The van der Waals surface area contributed by atoms with Gasteiger partial charge in [0.25, 0.3) is 0 Å². The molecule has 0 atom stereocenters. The van der Waals surface area contributed by atoms with E-state index < -0.39 is 0 Å². The van der Waals surface area contributed by atoms with Crippen molar-refractivity contribution in [1.82, 2.24) is 0 Å². The summed E-state index contributed by atoms with van der Waals surface area (Å²) in [4.78, 5) is 2.45. The molecule has 0 aliphatic carbocycles. The lowest BCUT2D eigenvalue weighted by atomic mass is 9.99. The Balaban J connectivity index is 1.27. The van der Waals surface area contributed by atoms with Crippen molar-refractivity contribution in [2.24, 2.45) is 0 Å². The summed E-state index contributed by atoms with van der Waals surface area (Å²) in [6.07, 6.45) is 0. The van der Waals surface area contributed by atoms with Crippen LogP contribution < -0.4 is 4.90 Å². The predicted octanol–water partition coefficient (Wildman–Crippen LogP) is 14.4. The van der Waals surface area contributed by atoms with E-state index in [1.54, 1.807) is 0 Å². The molecule has 0 fully saturated rings. The summed E-state index contributed by atoms with van der Waals surface area (Å²) < 4.78 is 9.28. The maximum Gasteiger partial charge on any atom is 0.145 e. The van der Waals surface area contributed by atoms with Crippen LogP contribution in [-0.2, 0) is 0 Å². The molecule has 0 aliphatic heterocycles. The van der Waals surface area contributed by atoms with Crippen LogP contribution in [0.15, 0.2) is 192 Å². The summed E-state index contributed by atoms with van der Waals surface area (Å²) in [6.45, 7) is 0. The fourth-order valence-electron chi connectivity index (χ4n) is 7.47. The first-order chi connectivity index (χ1) is 25.3. The van der Waals surface area contributed by atoms with Gasteiger partial charge in [0, 0.05) is 32.1 Å². The monoisotopic (exact) mass is 669 g/mol. The van der Waals surface area contributed by atoms with Crippen molar-refractivity contribution in [2.45, 2.75) is 0 Å². The van der Waals surface area contributed by atoms with Crippen LogP contribution >= 0.6 is 11.3 Å². The van der Waals surface area contributed by atoms with Gasteiger partial charge in [-0.3, -0.25) is 0 Å². The van der Waals surface area contributed by atoms with Crippen LogP contribution in [0.25, 0.3) is 75.5 Å². The highest BCUT2D eigenvalue weighted by molar-refractivity contribution is 7.26. The molecular formula is C48H31NOS. The first-order valence-corrected chi connectivity index (χ1v) is 18.1. The predicted molar refractivity (Wildman–Crippen MR) is 218 cm³/mol. The Morgan fingerprint density at radius 3 is 1.80 bits per heavy atom. The highest BCUT2D eigenvalue weighted by Gasteiger charge is 2.24. The molecule has 0 spiro atoms. The maximum atomic E-state index is 6.76. The molecule has 2 heterocycles. The third-order valence-electron chi connectivity index (χ3n) is 9.87. The number of fused-ring (bicyclic) bond motifs is 6. The van der Waals surface area contributed by atoms with E-state index in [9.17, 15) is 0 Å². The van der Waals surface area contributed by atoms with Gasteiger partial charge >= 0.3 is 0 Å². The summed E-state index contributed by atoms with van der Waals surface area (Å²) in [5.41, 5.74) is 12.1. The van der Waals surface area contributed by atoms with Gasteiger partial charge in [-0.15, -0.1) is 11.3 Å². The van der Waals surface area contributed by atoms with E-state index in [2.05, 4.69) is 193 Å². The normalized spacial score (nSPS) is 11.5. The van der Waals surface area contributed by atoms with Crippen molar-refractivity contribution in [2.75, 3.05) is 4.90 Å². The molecule has 0 saturated heterocycles. The number of anilines is 3. The molecule has 0 saturated carbocycles. The van der Waals surface area contributed by atoms with E-state index in [0.29, 0.717) is 0 Å². The van der Waals surface area contributed by atoms with Gasteiger partial charge in [0.2, 0.25) is 0 Å². The van der Waals surface area contributed by atoms with Crippen molar-refractivity contribution in [3.05, 3.63) is 188 Å². The average Bonchev–Trinajstić information content (AvgIpc) is 3.78. The van der Waals surface area contributed by atoms with Crippen LogP contribution in [-0.4, -0.2) is 0 Å². The van der Waals surface area contributed by atoms with Gasteiger partial charge in [-0.1, -0.05) is 146 Å². The van der Waals surface area contributed by atoms with Crippen LogP contribution in [0.5, 0.6) is 0 Å². The Bertz CT molecular complexity index is 2850. The largest absolute Gasteiger partial charge is 0.455 e.